The van der Waals surface area contributed by atoms with E-state index in [1.807, 2.05) is 49.6 Å². The summed E-state index contributed by atoms with van der Waals surface area (Å²) < 4.78 is 6.11. The van der Waals surface area contributed by atoms with Gasteiger partial charge < -0.3 is 4.74 Å². The molecule has 0 aliphatic heterocycles. The second-order valence-corrected chi connectivity index (χ2v) is 7.88. The SMILES string of the molecule is Cc1cc(-c2cccc(C3CC3)n2)ccc1OCc1c(C)cccc1N(N)C(=O)NN. The summed E-state index contributed by atoms with van der Waals surface area (Å²) in [6.07, 6.45) is 2.46. The summed E-state index contributed by atoms with van der Waals surface area (Å²) in [6, 6.07) is 17.2. The van der Waals surface area contributed by atoms with Gasteiger partial charge in [0.2, 0.25) is 0 Å². The van der Waals surface area contributed by atoms with Crippen LogP contribution in [0.3, 0.4) is 0 Å². The Morgan fingerprint density at radius 3 is 2.61 bits per heavy atom. The van der Waals surface area contributed by atoms with Gasteiger partial charge in [-0.3, -0.25) is 10.4 Å². The van der Waals surface area contributed by atoms with Gasteiger partial charge in [-0.2, -0.15) is 0 Å². The maximum Gasteiger partial charge on any atom is 0.350 e. The van der Waals surface area contributed by atoms with Crippen LogP contribution in [-0.2, 0) is 6.61 Å². The first kappa shape index (κ1) is 20.8. The number of amides is 2. The van der Waals surface area contributed by atoms with E-state index in [4.69, 9.17) is 21.4 Å². The number of benzene rings is 2. The molecule has 7 nitrogen and oxygen atoms in total. The molecule has 1 saturated carbocycles. The van der Waals surface area contributed by atoms with Gasteiger partial charge in [-0.25, -0.2) is 21.5 Å². The fourth-order valence-corrected chi connectivity index (χ4v) is 3.62. The topological polar surface area (TPSA) is 106 Å². The number of aryl methyl sites for hydroxylation is 2. The Kier molecular flexibility index (Phi) is 5.88. The van der Waals surface area contributed by atoms with Crippen LogP contribution in [0.4, 0.5) is 10.5 Å². The Morgan fingerprint density at radius 2 is 1.90 bits per heavy atom. The van der Waals surface area contributed by atoms with E-state index in [1.165, 1.54) is 18.5 Å². The zero-order valence-electron chi connectivity index (χ0n) is 17.8. The highest BCUT2D eigenvalue weighted by molar-refractivity contribution is 5.91. The third-order valence-corrected chi connectivity index (χ3v) is 5.60. The molecule has 5 N–H and O–H groups in total. The molecule has 1 aromatic heterocycles. The van der Waals surface area contributed by atoms with Crippen molar-refractivity contribution in [3.05, 3.63) is 77.0 Å². The lowest BCUT2D eigenvalue weighted by atomic mass is 10.1. The molecule has 0 radical (unpaired) electrons. The average molecular weight is 418 g/mol. The number of anilines is 1. The normalized spacial score (nSPS) is 13.0. The molecule has 0 saturated heterocycles. The van der Waals surface area contributed by atoms with Gasteiger partial charge >= 0.3 is 6.03 Å². The molecule has 1 aliphatic rings. The fourth-order valence-electron chi connectivity index (χ4n) is 3.62. The molecule has 1 fully saturated rings. The Bertz CT molecular complexity index is 1110. The minimum atomic E-state index is -0.603. The first-order chi connectivity index (χ1) is 15.0. The molecule has 0 atom stereocenters. The predicted molar refractivity (Wildman–Crippen MR) is 121 cm³/mol. The Labute approximate surface area is 182 Å². The van der Waals surface area contributed by atoms with Crippen LogP contribution in [0.1, 0.15) is 41.1 Å². The Balaban J connectivity index is 1.54. The quantitative estimate of drug-likeness (QED) is 0.318. The highest BCUT2D eigenvalue weighted by Gasteiger charge is 2.25. The fraction of sp³-hybridized carbons (Fsp3) is 0.250. The standard InChI is InChI=1S/C24H27N5O2/c1-15-5-3-8-22(29(26)24(30)28-25)19(15)14-31-23-12-11-18(13-16(23)2)21-7-4-6-20(27-21)17-9-10-17/h3-8,11-13,17H,9-10,14,25-26H2,1-2H3,(H,28,30). The van der Waals surface area contributed by atoms with Crippen molar-refractivity contribution in [3.63, 3.8) is 0 Å². The van der Waals surface area contributed by atoms with Crippen molar-refractivity contribution in [1.82, 2.24) is 10.4 Å². The molecule has 0 spiro atoms. The molecular weight excluding hydrogens is 390 g/mol. The van der Waals surface area contributed by atoms with Crippen molar-refractivity contribution in [1.29, 1.82) is 0 Å². The summed E-state index contributed by atoms with van der Waals surface area (Å²) in [5.41, 5.74) is 8.60. The number of rotatable bonds is 6. The lowest BCUT2D eigenvalue weighted by Crippen LogP contribution is -2.48. The molecule has 2 aromatic carbocycles. The van der Waals surface area contributed by atoms with Gasteiger partial charge in [0.25, 0.3) is 0 Å². The molecule has 160 valence electrons. The zero-order chi connectivity index (χ0) is 22.0. The van der Waals surface area contributed by atoms with Crippen molar-refractivity contribution in [3.8, 4) is 17.0 Å². The largest absolute Gasteiger partial charge is 0.489 e. The van der Waals surface area contributed by atoms with Crippen LogP contribution >= 0.6 is 0 Å². The van der Waals surface area contributed by atoms with Gasteiger partial charge in [-0.1, -0.05) is 18.2 Å². The van der Waals surface area contributed by atoms with E-state index in [9.17, 15) is 4.79 Å². The first-order valence-electron chi connectivity index (χ1n) is 10.3. The summed E-state index contributed by atoms with van der Waals surface area (Å²) in [7, 11) is 0. The van der Waals surface area contributed by atoms with Crippen LogP contribution < -0.4 is 26.9 Å². The van der Waals surface area contributed by atoms with E-state index in [0.29, 0.717) is 11.6 Å². The van der Waals surface area contributed by atoms with Gasteiger partial charge in [0, 0.05) is 22.7 Å². The number of aromatic nitrogens is 1. The van der Waals surface area contributed by atoms with Crippen molar-refractivity contribution in [2.24, 2.45) is 11.7 Å². The van der Waals surface area contributed by atoms with Gasteiger partial charge in [0.05, 0.1) is 11.4 Å². The summed E-state index contributed by atoms with van der Waals surface area (Å²) in [5, 5.41) is 0.986. The number of carbonyl (C=O) groups is 1. The zero-order valence-corrected chi connectivity index (χ0v) is 17.8. The smallest absolute Gasteiger partial charge is 0.350 e. The van der Waals surface area contributed by atoms with Gasteiger partial charge in [0.1, 0.15) is 12.4 Å². The number of hydrogen-bond donors (Lipinski definition) is 3. The summed E-state index contributed by atoms with van der Waals surface area (Å²) in [4.78, 5) is 16.7. The van der Waals surface area contributed by atoms with E-state index in [2.05, 4.69) is 18.2 Å². The maximum absolute atomic E-state index is 11.9. The minimum Gasteiger partial charge on any atom is -0.489 e. The second-order valence-electron chi connectivity index (χ2n) is 7.88. The third kappa shape index (κ3) is 4.52. The van der Waals surface area contributed by atoms with Crippen LogP contribution in [0.5, 0.6) is 5.75 Å². The van der Waals surface area contributed by atoms with E-state index < -0.39 is 6.03 Å². The summed E-state index contributed by atoms with van der Waals surface area (Å²) in [5.74, 6) is 12.5. The summed E-state index contributed by atoms with van der Waals surface area (Å²) in [6.45, 7) is 4.23. The van der Waals surface area contributed by atoms with E-state index >= 15 is 0 Å². The number of carbonyl (C=O) groups excluding carboxylic acids is 1. The first-order valence-corrected chi connectivity index (χ1v) is 10.3. The highest BCUT2D eigenvalue weighted by Crippen LogP contribution is 2.39. The number of hydrazine groups is 2. The number of pyridine rings is 1. The molecule has 0 unspecified atom stereocenters. The third-order valence-electron chi connectivity index (χ3n) is 5.60. The van der Waals surface area contributed by atoms with Crippen LogP contribution in [0.2, 0.25) is 0 Å². The molecule has 7 heteroatoms. The molecule has 1 aliphatic carbocycles. The molecule has 3 aromatic rings. The van der Waals surface area contributed by atoms with Crippen molar-refractivity contribution < 1.29 is 9.53 Å². The number of ether oxygens (including phenoxy) is 1. The van der Waals surface area contributed by atoms with E-state index in [-0.39, 0.29) is 6.61 Å². The van der Waals surface area contributed by atoms with Crippen LogP contribution in [0.25, 0.3) is 11.3 Å². The molecule has 4 rings (SSSR count). The predicted octanol–water partition coefficient (Wildman–Crippen LogP) is 4.09. The maximum atomic E-state index is 11.9. The van der Waals surface area contributed by atoms with Gasteiger partial charge in [-0.15, -0.1) is 0 Å². The molecule has 31 heavy (non-hydrogen) atoms. The number of nitrogens with zero attached hydrogens (tertiary/aromatic N) is 2. The lowest BCUT2D eigenvalue weighted by Gasteiger charge is -2.21. The monoisotopic (exact) mass is 417 g/mol. The molecule has 0 bridgehead atoms. The minimum absolute atomic E-state index is 0.267. The Morgan fingerprint density at radius 1 is 1.13 bits per heavy atom. The van der Waals surface area contributed by atoms with E-state index in [1.54, 1.807) is 6.07 Å². The van der Waals surface area contributed by atoms with Crippen LogP contribution in [0, 0.1) is 13.8 Å². The average Bonchev–Trinajstić information content (AvgIpc) is 3.63. The molecular formula is C24H27N5O2. The van der Waals surface area contributed by atoms with Crippen LogP contribution in [0.15, 0.2) is 54.6 Å². The van der Waals surface area contributed by atoms with E-state index in [0.717, 1.165) is 38.7 Å². The number of hydrogen-bond acceptors (Lipinski definition) is 5. The van der Waals surface area contributed by atoms with Crippen molar-refractivity contribution >= 4 is 11.7 Å². The second kappa shape index (κ2) is 8.75. The molecule has 2 amide bonds. The lowest BCUT2D eigenvalue weighted by molar-refractivity contribution is 0.246. The number of nitrogens with two attached hydrogens (primary N) is 2. The number of urea groups is 1. The van der Waals surface area contributed by atoms with Gasteiger partial charge in [-0.05, 0) is 74.2 Å². The summed E-state index contributed by atoms with van der Waals surface area (Å²) >= 11 is 0. The Hall–Kier alpha value is -3.42. The van der Waals surface area contributed by atoms with Crippen LogP contribution in [-0.4, -0.2) is 11.0 Å². The molecule has 1 heterocycles. The number of nitrogens with one attached hydrogen (secondary N) is 1. The van der Waals surface area contributed by atoms with Crippen molar-refractivity contribution in [2.45, 2.75) is 39.2 Å². The van der Waals surface area contributed by atoms with Gasteiger partial charge in [0.15, 0.2) is 0 Å². The van der Waals surface area contributed by atoms with Crippen molar-refractivity contribution in [2.75, 3.05) is 5.01 Å². The highest BCUT2D eigenvalue weighted by atomic mass is 16.5.